The van der Waals surface area contributed by atoms with E-state index in [9.17, 15) is 4.79 Å². The van der Waals surface area contributed by atoms with Crippen molar-refractivity contribution in [3.8, 4) is 11.3 Å². The molecule has 4 rings (SSSR count). The first kappa shape index (κ1) is 16.3. The van der Waals surface area contributed by atoms with Gasteiger partial charge < -0.3 is 15.7 Å². The van der Waals surface area contributed by atoms with E-state index in [2.05, 4.69) is 25.7 Å². The number of carboxylic acid groups (broad SMARTS) is 1. The van der Waals surface area contributed by atoms with Crippen LogP contribution in [-0.2, 0) is 0 Å². The molecule has 3 N–H and O–H groups in total. The summed E-state index contributed by atoms with van der Waals surface area (Å²) in [5.41, 5.74) is 2.72. The molecule has 3 aromatic rings. The average Bonchev–Trinajstić information content (AvgIpc) is 3.07. The highest BCUT2D eigenvalue weighted by atomic mass is 16.4. The second kappa shape index (κ2) is 6.99. The third-order valence-electron chi connectivity index (χ3n) is 4.75. The first-order valence-electron chi connectivity index (χ1n) is 8.70. The lowest BCUT2D eigenvalue weighted by molar-refractivity contribution is 0.185. The van der Waals surface area contributed by atoms with E-state index in [-0.39, 0.29) is 6.04 Å². The summed E-state index contributed by atoms with van der Waals surface area (Å²) in [7, 11) is 0. The zero-order chi connectivity index (χ0) is 17.9. The van der Waals surface area contributed by atoms with Crippen LogP contribution in [0.15, 0.2) is 42.9 Å². The van der Waals surface area contributed by atoms with Crippen LogP contribution in [-0.4, -0.2) is 42.9 Å². The molecular weight excluding hydrogens is 332 g/mol. The maximum absolute atomic E-state index is 10.7. The first-order chi connectivity index (χ1) is 12.7. The molecule has 1 amide bonds. The van der Waals surface area contributed by atoms with E-state index in [0.29, 0.717) is 6.04 Å². The summed E-state index contributed by atoms with van der Waals surface area (Å²) >= 11 is 0. The van der Waals surface area contributed by atoms with Gasteiger partial charge in [-0.15, -0.1) is 5.10 Å². The maximum Gasteiger partial charge on any atom is 0.404 e. The van der Waals surface area contributed by atoms with Gasteiger partial charge in [-0.3, -0.25) is 4.98 Å². The molecule has 0 spiro atoms. The van der Waals surface area contributed by atoms with Crippen LogP contribution in [0.25, 0.3) is 16.9 Å². The fraction of sp³-hybridized carbons (Fsp3) is 0.333. The Balaban J connectivity index is 1.49. The van der Waals surface area contributed by atoms with Crippen molar-refractivity contribution in [2.45, 2.75) is 37.8 Å². The fourth-order valence-electron chi connectivity index (χ4n) is 3.44. The molecule has 0 bridgehead atoms. The van der Waals surface area contributed by atoms with E-state index in [4.69, 9.17) is 5.11 Å². The molecule has 3 heterocycles. The van der Waals surface area contributed by atoms with Crippen LogP contribution in [0, 0.1) is 0 Å². The molecule has 0 unspecified atom stereocenters. The Labute approximate surface area is 150 Å². The van der Waals surface area contributed by atoms with E-state index in [1.54, 1.807) is 12.4 Å². The van der Waals surface area contributed by atoms with Crippen molar-refractivity contribution in [2.75, 3.05) is 5.32 Å². The van der Waals surface area contributed by atoms with E-state index in [0.717, 1.165) is 48.4 Å². The molecule has 0 aliphatic heterocycles. The molecule has 8 heteroatoms. The molecule has 0 aromatic carbocycles. The smallest absolute Gasteiger partial charge is 0.404 e. The number of rotatable bonds is 4. The van der Waals surface area contributed by atoms with Gasteiger partial charge in [0.25, 0.3) is 0 Å². The van der Waals surface area contributed by atoms with Crippen LogP contribution in [0.5, 0.6) is 0 Å². The van der Waals surface area contributed by atoms with E-state index < -0.39 is 6.09 Å². The molecular formula is C18H20N6O2. The summed E-state index contributed by atoms with van der Waals surface area (Å²) in [4.78, 5) is 19.2. The number of hydrogen-bond donors (Lipinski definition) is 3. The van der Waals surface area contributed by atoms with Crippen molar-refractivity contribution in [1.82, 2.24) is 24.9 Å². The summed E-state index contributed by atoms with van der Waals surface area (Å²) in [6.45, 7) is 0. The van der Waals surface area contributed by atoms with Crippen LogP contribution >= 0.6 is 0 Å². The van der Waals surface area contributed by atoms with Crippen LogP contribution in [0.4, 0.5) is 10.6 Å². The third kappa shape index (κ3) is 3.44. The Morgan fingerprint density at radius 2 is 1.81 bits per heavy atom. The number of fused-ring (bicyclic) bond motifs is 1. The minimum absolute atomic E-state index is 0.0490. The van der Waals surface area contributed by atoms with Gasteiger partial charge in [-0.25, -0.2) is 14.3 Å². The highest BCUT2D eigenvalue weighted by Gasteiger charge is 2.22. The second-order valence-electron chi connectivity index (χ2n) is 6.51. The molecule has 134 valence electrons. The third-order valence-corrected chi connectivity index (χ3v) is 4.75. The number of hydrogen-bond acceptors (Lipinski definition) is 5. The van der Waals surface area contributed by atoms with Crippen molar-refractivity contribution >= 4 is 17.6 Å². The van der Waals surface area contributed by atoms with Crippen molar-refractivity contribution in [3.05, 3.63) is 42.9 Å². The molecule has 0 radical (unpaired) electrons. The standard InChI is InChI=1S/C18H20N6O2/c25-18(26)22-14-3-1-13(2-4-14)21-16-5-6-17-20-11-15(24(17)23-16)12-7-9-19-10-8-12/h5-11,13-14,22H,1-4H2,(H,21,23)(H,25,26)/t13-,14-. The van der Waals surface area contributed by atoms with Crippen LogP contribution < -0.4 is 10.6 Å². The van der Waals surface area contributed by atoms with Gasteiger partial charge in [0.1, 0.15) is 5.82 Å². The number of amides is 1. The van der Waals surface area contributed by atoms with Crippen molar-refractivity contribution < 1.29 is 9.90 Å². The Kier molecular flexibility index (Phi) is 4.39. The minimum atomic E-state index is -0.947. The predicted molar refractivity (Wildman–Crippen MR) is 97.0 cm³/mol. The summed E-state index contributed by atoms with van der Waals surface area (Å²) in [5, 5.41) is 19.5. The normalized spacial score (nSPS) is 20.0. The monoisotopic (exact) mass is 352 g/mol. The number of imidazole rings is 1. The lowest BCUT2D eigenvalue weighted by atomic mass is 9.91. The van der Waals surface area contributed by atoms with Crippen LogP contribution in [0.3, 0.4) is 0 Å². The first-order valence-corrected chi connectivity index (χ1v) is 8.70. The predicted octanol–water partition coefficient (Wildman–Crippen LogP) is 2.78. The molecule has 1 aliphatic carbocycles. The Bertz CT molecular complexity index is 902. The van der Waals surface area contributed by atoms with Gasteiger partial charge in [-0.2, -0.15) is 0 Å². The van der Waals surface area contributed by atoms with Gasteiger partial charge in [0.05, 0.1) is 11.9 Å². The van der Waals surface area contributed by atoms with Crippen LogP contribution in [0.1, 0.15) is 25.7 Å². The molecule has 26 heavy (non-hydrogen) atoms. The van der Waals surface area contributed by atoms with Gasteiger partial charge in [-0.05, 0) is 49.9 Å². The number of anilines is 1. The number of nitrogens with zero attached hydrogens (tertiary/aromatic N) is 4. The summed E-state index contributed by atoms with van der Waals surface area (Å²) < 4.78 is 1.83. The van der Waals surface area contributed by atoms with Gasteiger partial charge >= 0.3 is 6.09 Å². The van der Waals surface area contributed by atoms with E-state index in [1.165, 1.54) is 0 Å². The molecule has 1 saturated carbocycles. The van der Waals surface area contributed by atoms with Crippen molar-refractivity contribution in [1.29, 1.82) is 0 Å². The van der Waals surface area contributed by atoms with Gasteiger partial charge in [0.15, 0.2) is 5.65 Å². The quantitative estimate of drug-likeness (QED) is 0.667. The second-order valence-corrected chi connectivity index (χ2v) is 6.51. The van der Waals surface area contributed by atoms with Crippen molar-refractivity contribution in [3.63, 3.8) is 0 Å². The number of carbonyl (C=O) groups is 1. The minimum Gasteiger partial charge on any atom is -0.465 e. The topological polar surface area (TPSA) is 104 Å². The summed E-state index contributed by atoms with van der Waals surface area (Å²) in [6.07, 6.45) is 7.85. The average molecular weight is 352 g/mol. The Morgan fingerprint density at radius 3 is 2.54 bits per heavy atom. The molecule has 0 saturated heterocycles. The van der Waals surface area contributed by atoms with E-state index in [1.807, 2.05) is 35.0 Å². The van der Waals surface area contributed by atoms with Gasteiger partial charge in [0.2, 0.25) is 0 Å². The maximum atomic E-state index is 10.7. The lowest BCUT2D eigenvalue weighted by Crippen LogP contribution is -2.39. The highest BCUT2D eigenvalue weighted by molar-refractivity contribution is 5.65. The fourth-order valence-corrected chi connectivity index (χ4v) is 3.44. The van der Waals surface area contributed by atoms with Crippen molar-refractivity contribution in [2.24, 2.45) is 0 Å². The van der Waals surface area contributed by atoms with Gasteiger partial charge in [0, 0.05) is 30.0 Å². The molecule has 8 nitrogen and oxygen atoms in total. The summed E-state index contributed by atoms with van der Waals surface area (Å²) in [6, 6.07) is 8.08. The number of nitrogens with one attached hydrogen (secondary N) is 2. The Morgan fingerprint density at radius 1 is 1.08 bits per heavy atom. The highest BCUT2D eigenvalue weighted by Crippen LogP contribution is 2.23. The molecule has 1 aliphatic rings. The molecule has 0 atom stereocenters. The van der Waals surface area contributed by atoms with Gasteiger partial charge in [-0.1, -0.05) is 0 Å². The Hall–Kier alpha value is -3.16. The largest absolute Gasteiger partial charge is 0.465 e. The molecule has 3 aromatic heterocycles. The lowest BCUT2D eigenvalue weighted by Gasteiger charge is -2.29. The SMILES string of the molecule is O=C(O)N[C@H]1CC[C@H](Nc2ccc3ncc(-c4ccncc4)n3n2)CC1. The van der Waals surface area contributed by atoms with E-state index >= 15 is 0 Å². The van der Waals surface area contributed by atoms with Crippen LogP contribution in [0.2, 0.25) is 0 Å². The number of aromatic nitrogens is 4. The number of pyridine rings is 1. The zero-order valence-corrected chi connectivity index (χ0v) is 14.2. The summed E-state index contributed by atoms with van der Waals surface area (Å²) in [5.74, 6) is 0.792. The molecule has 1 fully saturated rings. The zero-order valence-electron chi connectivity index (χ0n) is 14.2.